The van der Waals surface area contributed by atoms with Gasteiger partial charge in [0, 0.05) is 15.9 Å². The molecule has 1 unspecified atom stereocenters. The molecule has 1 atom stereocenters. The second-order valence-electron chi connectivity index (χ2n) is 4.36. The zero-order chi connectivity index (χ0) is 15.0. The monoisotopic (exact) mass is 340 g/mol. The minimum Gasteiger partial charge on any atom is -0.467 e. The molecule has 1 N–H and O–H groups in total. The second kappa shape index (κ2) is 7.89. The third kappa shape index (κ3) is 4.23. The van der Waals surface area contributed by atoms with Gasteiger partial charge >= 0.3 is 5.97 Å². The van der Waals surface area contributed by atoms with Crippen molar-refractivity contribution in [1.82, 2.24) is 5.32 Å². The van der Waals surface area contributed by atoms with E-state index in [0.29, 0.717) is 19.5 Å². The van der Waals surface area contributed by atoms with Crippen LogP contribution in [0.5, 0.6) is 0 Å². The van der Waals surface area contributed by atoms with E-state index in [9.17, 15) is 4.79 Å². The molecule has 0 aliphatic heterocycles. The van der Waals surface area contributed by atoms with Crippen molar-refractivity contribution in [3.63, 3.8) is 0 Å². The van der Waals surface area contributed by atoms with Crippen LogP contribution in [0.2, 0.25) is 0 Å². The van der Waals surface area contributed by atoms with E-state index in [4.69, 9.17) is 10.3 Å². The molecule has 0 aliphatic carbocycles. The molecule has 0 aromatic heterocycles. The van der Waals surface area contributed by atoms with Crippen molar-refractivity contribution in [3.8, 4) is 0 Å². The summed E-state index contributed by atoms with van der Waals surface area (Å²) < 4.78 is 5.82. The van der Waals surface area contributed by atoms with Crippen LogP contribution in [0, 0.1) is 0 Å². The number of carbonyl (C=O) groups excluding carboxylic acids is 1. The van der Waals surface area contributed by atoms with Crippen molar-refractivity contribution < 1.29 is 9.53 Å². The summed E-state index contributed by atoms with van der Waals surface area (Å²) in [4.78, 5) is 14.7. The molecule has 20 heavy (non-hydrogen) atoms. The first-order valence-electron chi connectivity index (χ1n) is 6.15. The van der Waals surface area contributed by atoms with Crippen molar-refractivity contribution >= 4 is 21.9 Å². The van der Waals surface area contributed by atoms with E-state index in [1.54, 1.807) is 6.92 Å². The minimum atomic E-state index is -0.925. The van der Waals surface area contributed by atoms with Gasteiger partial charge in [-0.15, -0.1) is 0 Å². The normalized spacial score (nSPS) is 13.2. The molecule has 0 heterocycles. The lowest BCUT2D eigenvalue weighted by molar-refractivity contribution is -0.148. The first kappa shape index (κ1) is 16.5. The van der Waals surface area contributed by atoms with Crippen molar-refractivity contribution in [2.24, 2.45) is 5.11 Å². The van der Waals surface area contributed by atoms with E-state index in [2.05, 4.69) is 31.3 Å². The quantitative estimate of drug-likeness (QED) is 0.272. The molecule has 0 radical (unpaired) electrons. The van der Waals surface area contributed by atoms with Gasteiger partial charge in [0.15, 0.2) is 0 Å². The molecule has 1 aromatic rings. The molecule has 1 aromatic carbocycles. The number of halogens is 1. The van der Waals surface area contributed by atoms with E-state index >= 15 is 0 Å². The number of rotatable bonds is 7. The van der Waals surface area contributed by atoms with E-state index < -0.39 is 5.54 Å². The Morgan fingerprint density at radius 2 is 2.15 bits per heavy atom. The van der Waals surface area contributed by atoms with Gasteiger partial charge in [-0.3, -0.25) is 5.32 Å². The highest BCUT2D eigenvalue weighted by atomic mass is 79.9. The van der Waals surface area contributed by atoms with Gasteiger partial charge < -0.3 is 4.74 Å². The Morgan fingerprint density at radius 3 is 2.70 bits per heavy atom. The number of esters is 1. The fraction of sp³-hybridized carbons (Fsp3) is 0.462. The molecule has 0 saturated heterocycles. The average molecular weight is 341 g/mol. The molecular formula is C13H17BrN4O2. The van der Waals surface area contributed by atoms with Crippen LogP contribution in [0.4, 0.5) is 0 Å². The molecule has 0 saturated carbocycles. The Kier molecular flexibility index (Phi) is 6.51. The lowest BCUT2D eigenvalue weighted by Crippen LogP contribution is -2.47. The van der Waals surface area contributed by atoms with Gasteiger partial charge in [0.1, 0.15) is 5.54 Å². The number of benzene rings is 1. The molecule has 6 nitrogen and oxygen atoms in total. The van der Waals surface area contributed by atoms with Crippen LogP contribution >= 0.6 is 15.9 Å². The summed E-state index contributed by atoms with van der Waals surface area (Å²) >= 11 is 3.36. The maximum atomic E-state index is 12.1. The summed E-state index contributed by atoms with van der Waals surface area (Å²) in [5.74, 6) is -0.358. The maximum Gasteiger partial charge on any atom is 0.330 e. The molecular weight excluding hydrogens is 324 g/mol. The number of nitrogens with zero attached hydrogens (tertiary/aromatic N) is 3. The zero-order valence-electron chi connectivity index (χ0n) is 11.5. The lowest BCUT2D eigenvalue weighted by Gasteiger charge is -2.28. The maximum absolute atomic E-state index is 12.1. The van der Waals surface area contributed by atoms with E-state index in [1.807, 2.05) is 24.3 Å². The Bertz CT molecular complexity index is 500. The van der Waals surface area contributed by atoms with Crippen LogP contribution in [0.15, 0.2) is 33.9 Å². The number of ether oxygens (including phenoxy) is 1. The zero-order valence-corrected chi connectivity index (χ0v) is 13.1. The summed E-state index contributed by atoms with van der Waals surface area (Å²) in [5, 5.41) is 6.63. The number of hydrogen-bond donors (Lipinski definition) is 1. The Morgan fingerprint density at radius 1 is 1.50 bits per heavy atom. The van der Waals surface area contributed by atoms with Crippen LogP contribution in [0.1, 0.15) is 18.9 Å². The van der Waals surface area contributed by atoms with Crippen LogP contribution in [0.3, 0.4) is 0 Å². The fourth-order valence-electron chi connectivity index (χ4n) is 1.81. The third-order valence-corrected chi connectivity index (χ3v) is 3.52. The Labute approximate surface area is 126 Å². The van der Waals surface area contributed by atoms with Crippen LogP contribution in [-0.2, 0) is 15.1 Å². The first-order chi connectivity index (χ1) is 9.54. The smallest absolute Gasteiger partial charge is 0.330 e. The molecule has 0 aliphatic rings. The summed E-state index contributed by atoms with van der Waals surface area (Å²) in [6, 6.07) is 7.47. The number of azide groups is 1. The van der Waals surface area contributed by atoms with Crippen LogP contribution in [0.25, 0.3) is 10.4 Å². The number of nitrogens with one attached hydrogen (secondary N) is 1. The highest BCUT2D eigenvalue weighted by Crippen LogP contribution is 2.24. The van der Waals surface area contributed by atoms with Crippen molar-refractivity contribution in [3.05, 3.63) is 44.7 Å². The van der Waals surface area contributed by atoms with Crippen molar-refractivity contribution in [2.45, 2.75) is 18.9 Å². The van der Waals surface area contributed by atoms with Crippen molar-refractivity contribution in [1.29, 1.82) is 0 Å². The molecule has 108 valence electrons. The van der Waals surface area contributed by atoms with E-state index in [-0.39, 0.29) is 5.97 Å². The van der Waals surface area contributed by atoms with Crippen molar-refractivity contribution in [2.75, 3.05) is 20.2 Å². The highest BCUT2D eigenvalue weighted by molar-refractivity contribution is 9.10. The second-order valence-corrected chi connectivity index (χ2v) is 5.27. The average Bonchev–Trinajstić information content (AvgIpc) is 2.46. The summed E-state index contributed by atoms with van der Waals surface area (Å²) in [6.07, 6.45) is 0.646. The minimum absolute atomic E-state index is 0.358. The molecule has 1 rings (SSSR count). The summed E-state index contributed by atoms with van der Waals surface area (Å²) in [6.45, 7) is 2.71. The lowest BCUT2D eigenvalue weighted by atomic mass is 9.92. The summed E-state index contributed by atoms with van der Waals surface area (Å²) in [5.41, 5.74) is 8.11. The van der Waals surface area contributed by atoms with E-state index in [0.717, 1.165) is 10.0 Å². The van der Waals surface area contributed by atoms with E-state index in [1.165, 1.54) is 7.11 Å². The molecule has 7 heteroatoms. The summed E-state index contributed by atoms with van der Waals surface area (Å²) in [7, 11) is 1.36. The predicted octanol–water partition coefficient (Wildman–Crippen LogP) is 3.13. The Balaban J connectivity index is 2.83. The highest BCUT2D eigenvalue weighted by Gasteiger charge is 2.35. The van der Waals surface area contributed by atoms with Gasteiger partial charge in [0.2, 0.25) is 0 Å². The van der Waals surface area contributed by atoms with Gasteiger partial charge in [-0.05, 0) is 43.1 Å². The number of methoxy groups -OCH3 is 1. The van der Waals surface area contributed by atoms with Gasteiger partial charge in [-0.1, -0.05) is 33.2 Å². The molecule has 0 spiro atoms. The third-order valence-electron chi connectivity index (χ3n) is 2.99. The standard InChI is InChI=1S/C13H17BrN4O2/c1-13(12(19)20-2,16-8-3-9-17-18-15)10-4-6-11(14)7-5-10/h4-7,16H,3,8-9H2,1-2H3. The predicted molar refractivity (Wildman–Crippen MR) is 80.1 cm³/mol. The number of carbonyl (C=O) groups is 1. The molecule has 0 bridgehead atoms. The Hall–Kier alpha value is -1.56. The van der Waals surface area contributed by atoms with Gasteiger partial charge in [-0.25, -0.2) is 4.79 Å². The molecule has 0 amide bonds. The van der Waals surface area contributed by atoms with Gasteiger partial charge in [0.05, 0.1) is 7.11 Å². The van der Waals surface area contributed by atoms with Crippen LogP contribution < -0.4 is 5.32 Å². The number of hydrogen-bond acceptors (Lipinski definition) is 4. The topological polar surface area (TPSA) is 87.1 Å². The van der Waals surface area contributed by atoms with Gasteiger partial charge in [-0.2, -0.15) is 0 Å². The van der Waals surface area contributed by atoms with Gasteiger partial charge in [0.25, 0.3) is 0 Å². The largest absolute Gasteiger partial charge is 0.467 e. The SMILES string of the molecule is COC(=O)C(C)(NCCCN=[N+]=[N-])c1ccc(Br)cc1. The molecule has 0 fully saturated rings. The fourth-order valence-corrected chi connectivity index (χ4v) is 2.08. The van der Waals surface area contributed by atoms with Crippen LogP contribution in [-0.4, -0.2) is 26.2 Å². The first-order valence-corrected chi connectivity index (χ1v) is 6.94.